The molecule has 0 spiro atoms. The van der Waals surface area contributed by atoms with E-state index in [0.717, 1.165) is 55.8 Å². The molecule has 2 aromatic heterocycles. The van der Waals surface area contributed by atoms with E-state index in [1.807, 2.05) is 19.1 Å². The molecule has 0 fully saturated rings. The predicted octanol–water partition coefficient (Wildman–Crippen LogP) is 2.48. The predicted molar refractivity (Wildman–Crippen MR) is 111 cm³/mol. The lowest BCUT2D eigenvalue weighted by Crippen LogP contribution is -2.28. The normalized spacial score (nSPS) is 14.2. The lowest BCUT2D eigenvalue weighted by atomic mass is 10.2. The van der Waals surface area contributed by atoms with Gasteiger partial charge in [-0.15, -0.1) is 10.2 Å². The monoisotopic (exact) mass is 409 g/mol. The molecule has 0 atom stereocenters. The fourth-order valence-electron chi connectivity index (χ4n) is 3.86. The minimum atomic E-state index is -0.157. The Bertz CT molecular complexity index is 1040. The molecule has 30 heavy (non-hydrogen) atoms. The number of aromatic nitrogens is 3. The van der Waals surface area contributed by atoms with E-state index in [4.69, 9.17) is 9.15 Å². The number of carbonyl (C=O) groups excluding carboxylic acids is 1. The number of methoxy groups -OCH3 is 1. The van der Waals surface area contributed by atoms with Gasteiger partial charge in [-0.25, -0.2) is 0 Å². The van der Waals surface area contributed by atoms with Gasteiger partial charge in [0.05, 0.1) is 19.2 Å². The van der Waals surface area contributed by atoms with Crippen LogP contribution in [0.1, 0.15) is 39.1 Å². The SMILES string of the molecule is COc1cccc(CN2CCc3nnc(CNC(=O)c4cc(C)oc4C)n3CC2)c1. The highest BCUT2D eigenvalue weighted by molar-refractivity contribution is 5.95. The first-order valence-electron chi connectivity index (χ1n) is 10.1. The van der Waals surface area contributed by atoms with Gasteiger partial charge in [0.1, 0.15) is 23.1 Å². The van der Waals surface area contributed by atoms with Crippen LogP contribution in [0.15, 0.2) is 34.7 Å². The molecule has 8 heteroatoms. The van der Waals surface area contributed by atoms with Crippen LogP contribution in [0.3, 0.4) is 0 Å². The molecule has 1 aliphatic heterocycles. The highest BCUT2D eigenvalue weighted by Crippen LogP contribution is 2.17. The van der Waals surface area contributed by atoms with Crippen molar-refractivity contribution >= 4 is 5.91 Å². The second-order valence-corrected chi connectivity index (χ2v) is 7.57. The number of aryl methyl sites for hydroxylation is 2. The number of fused-ring (bicyclic) bond motifs is 1. The number of benzene rings is 1. The average Bonchev–Trinajstić information content (AvgIpc) is 3.23. The van der Waals surface area contributed by atoms with Crippen LogP contribution in [0.4, 0.5) is 0 Å². The molecule has 1 aliphatic rings. The summed E-state index contributed by atoms with van der Waals surface area (Å²) in [4.78, 5) is 14.9. The smallest absolute Gasteiger partial charge is 0.255 e. The van der Waals surface area contributed by atoms with Gasteiger partial charge in [0.15, 0.2) is 5.82 Å². The molecule has 0 saturated heterocycles. The van der Waals surface area contributed by atoms with Gasteiger partial charge in [0, 0.05) is 32.6 Å². The number of rotatable bonds is 6. The summed E-state index contributed by atoms with van der Waals surface area (Å²) < 4.78 is 12.9. The topological polar surface area (TPSA) is 85.4 Å². The number of amides is 1. The van der Waals surface area contributed by atoms with Crippen molar-refractivity contribution in [2.45, 2.75) is 39.9 Å². The molecule has 4 rings (SSSR count). The number of hydrogen-bond acceptors (Lipinski definition) is 6. The van der Waals surface area contributed by atoms with Crippen LogP contribution in [0.5, 0.6) is 5.75 Å². The van der Waals surface area contributed by atoms with E-state index in [0.29, 0.717) is 17.9 Å². The standard InChI is InChI=1S/C22H27N5O3/c1-15-11-19(16(2)30-15)22(28)23-13-21-25-24-20-7-8-26(9-10-27(20)21)14-17-5-4-6-18(12-17)29-3/h4-6,11-12H,7-10,13-14H2,1-3H3,(H,23,28). The average molecular weight is 409 g/mol. The van der Waals surface area contributed by atoms with Crippen molar-refractivity contribution in [3.63, 3.8) is 0 Å². The molecule has 3 heterocycles. The number of nitrogens with one attached hydrogen (secondary N) is 1. The van der Waals surface area contributed by atoms with Crippen LogP contribution in [-0.4, -0.2) is 45.8 Å². The summed E-state index contributed by atoms with van der Waals surface area (Å²) in [5, 5.41) is 11.6. The fraction of sp³-hybridized carbons (Fsp3) is 0.409. The summed E-state index contributed by atoms with van der Waals surface area (Å²) in [6.07, 6.45) is 0.824. The lowest BCUT2D eigenvalue weighted by Gasteiger charge is -2.20. The Morgan fingerprint density at radius 2 is 2.07 bits per heavy atom. The van der Waals surface area contributed by atoms with E-state index >= 15 is 0 Å². The number of nitrogens with zero attached hydrogens (tertiary/aromatic N) is 4. The summed E-state index contributed by atoms with van der Waals surface area (Å²) >= 11 is 0. The molecule has 1 aromatic carbocycles. The second kappa shape index (κ2) is 8.71. The van der Waals surface area contributed by atoms with Gasteiger partial charge in [-0.05, 0) is 37.6 Å². The van der Waals surface area contributed by atoms with Gasteiger partial charge < -0.3 is 19.0 Å². The third kappa shape index (κ3) is 4.38. The van der Waals surface area contributed by atoms with Gasteiger partial charge in [-0.3, -0.25) is 9.69 Å². The molecular formula is C22H27N5O3. The number of furan rings is 1. The first kappa shape index (κ1) is 20.2. The van der Waals surface area contributed by atoms with E-state index in [1.54, 1.807) is 20.1 Å². The van der Waals surface area contributed by atoms with Crippen molar-refractivity contribution in [3.05, 3.63) is 64.6 Å². The Labute approximate surface area is 175 Å². The maximum Gasteiger partial charge on any atom is 0.255 e. The molecule has 0 radical (unpaired) electrons. The minimum Gasteiger partial charge on any atom is -0.497 e. The first-order chi connectivity index (χ1) is 14.5. The summed E-state index contributed by atoms with van der Waals surface area (Å²) in [6, 6.07) is 9.93. The summed E-state index contributed by atoms with van der Waals surface area (Å²) in [6.45, 7) is 7.42. The van der Waals surface area contributed by atoms with Crippen molar-refractivity contribution in [2.24, 2.45) is 0 Å². The van der Waals surface area contributed by atoms with Crippen LogP contribution in [-0.2, 0) is 26.1 Å². The molecule has 0 bridgehead atoms. The third-order valence-electron chi connectivity index (χ3n) is 5.43. The Hall–Kier alpha value is -3.13. The molecular weight excluding hydrogens is 382 g/mol. The molecule has 3 aromatic rings. The molecule has 1 amide bonds. The largest absolute Gasteiger partial charge is 0.497 e. The minimum absolute atomic E-state index is 0.157. The lowest BCUT2D eigenvalue weighted by molar-refractivity contribution is 0.0948. The van der Waals surface area contributed by atoms with Crippen LogP contribution in [0.2, 0.25) is 0 Å². The molecule has 8 nitrogen and oxygen atoms in total. The van der Waals surface area contributed by atoms with Crippen LogP contribution >= 0.6 is 0 Å². The zero-order valence-corrected chi connectivity index (χ0v) is 17.6. The van der Waals surface area contributed by atoms with Gasteiger partial charge in [-0.2, -0.15) is 0 Å². The summed E-state index contributed by atoms with van der Waals surface area (Å²) in [7, 11) is 1.69. The van der Waals surface area contributed by atoms with Crippen molar-refractivity contribution in [1.82, 2.24) is 25.0 Å². The second-order valence-electron chi connectivity index (χ2n) is 7.57. The quantitative estimate of drug-likeness (QED) is 0.673. The molecule has 0 aliphatic carbocycles. The van der Waals surface area contributed by atoms with Crippen LogP contribution in [0.25, 0.3) is 0 Å². The third-order valence-corrected chi connectivity index (χ3v) is 5.43. The highest BCUT2D eigenvalue weighted by atomic mass is 16.5. The number of carbonyl (C=O) groups is 1. The van der Waals surface area contributed by atoms with E-state index in [9.17, 15) is 4.79 Å². The number of hydrogen-bond donors (Lipinski definition) is 1. The molecule has 0 unspecified atom stereocenters. The summed E-state index contributed by atoms with van der Waals surface area (Å²) in [5.74, 6) is 3.81. The van der Waals surface area contributed by atoms with Crippen molar-refractivity contribution < 1.29 is 13.9 Å². The molecule has 1 N–H and O–H groups in total. The van der Waals surface area contributed by atoms with Gasteiger partial charge in [0.2, 0.25) is 0 Å². The fourth-order valence-corrected chi connectivity index (χ4v) is 3.86. The van der Waals surface area contributed by atoms with Gasteiger partial charge in [-0.1, -0.05) is 12.1 Å². The highest BCUT2D eigenvalue weighted by Gasteiger charge is 2.20. The Morgan fingerprint density at radius 3 is 2.83 bits per heavy atom. The first-order valence-corrected chi connectivity index (χ1v) is 10.1. The van der Waals surface area contributed by atoms with E-state index in [-0.39, 0.29) is 5.91 Å². The van der Waals surface area contributed by atoms with Crippen molar-refractivity contribution in [3.8, 4) is 5.75 Å². The maximum absolute atomic E-state index is 12.5. The van der Waals surface area contributed by atoms with E-state index < -0.39 is 0 Å². The van der Waals surface area contributed by atoms with Crippen molar-refractivity contribution in [1.29, 1.82) is 0 Å². The zero-order chi connectivity index (χ0) is 21.1. The maximum atomic E-state index is 12.5. The van der Waals surface area contributed by atoms with Gasteiger partial charge in [0.25, 0.3) is 5.91 Å². The van der Waals surface area contributed by atoms with E-state index in [1.165, 1.54) is 5.56 Å². The Morgan fingerprint density at radius 1 is 1.20 bits per heavy atom. The Balaban J connectivity index is 1.38. The van der Waals surface area contributed by atoms with Crippen LogP contribution in [0, 0.1) is 13.8 Å². The Kier molecular flexibility index (Phi) is 5.85. The summed E-state index contributed by atoms with van der Waals surface area (Å²) in [5.41, 5.74) is 1.79. The van der Waals surface area contributed by atoms with Crippen molar-refractivity contribution in [2.75, 3.05) is 20.2 Å². The molecule has 0 saturated carbocycles. The molecule has 158 valence electrons. The van der Waals surface area contributed by atoms with E-state index in [2.05, 4.69) is 37.1 Å². The number of ether oxygens (including phenoxy) is 1. The van der Waals surface area contributed by atoms with Gasteiger partial charge >= 0.3 is 0 Å². The van der Waals surface area contributed by atoms with Crippen LogP contribution < -0.4 is 10.1 Å². The zero-order valence-electron chi connectivity index (χ0n) is 17.6.